The highest BCUT2D eigenvalue weighted by atomic mass is 32.2. The molecular weight excluding hydrogens is 274 g/mol. The molecule has 0 bridgehead atoms. The van der Waals surface area contributed by atoms with Crippen LogP contribution in [0.3, 0.4) is 0 Å². The van der Waals surface area contributed by atoms with Gasteiger partial charge in [-0.15, -0.1) is 0 Å². The van der Waals surface area contributed by atoms with Crippen LogP contribution in [0.4, 0.5) is 5.69 Å². The topological polar surface area (TPSA) is 83.5 Å². The van der Waals surface area contributed by atoms with E-state index in [0.29, 0.717) is 0 Å². The molecule has 2 aromatic rings. The molecule has 2 N–H and O–H groups in total. The van der Waals surface area contributed by atoms with E-state index < -0.39 is 16.0 Å². The third-order valence-corrected chi connectivity index (χ3v) is 4.38. The summed E-state index contributed by atoms with van der Waals surface area (Å²) in [5, 5.41) is 12.0. The Hall–Kier alpha value is -1.86. The molecule has 94 valence electrons. The highest BCUT2D eigenvalue weighted by Crippen LogP contribution is 2.19. The fourth-order valence-electron chi connectivity index (χ4n) is 1.33. The first-order valence-corrected chi connectivity index (χ1v) is 7.30. The first-order chi connectivity index (χ1) is 8.49. The molecule has 0 aliphatic carbocycles. The number of hydrogen-bond donors (Lipinski definition) is 2. The Bertz CT molecular complexity index is 662. The zero-order chi connectivity index (χ0) is 13.2. The quantitative estimate of drug-likeness (QED) is 0.901. The van der Waals surface area contributed by atoms with E-state index in [0.717, 1.165) is 0 Å². The van der Waals surface area contributed by atoms with Crippen LogP contribution in [0.5, 0.6) is 0 Å². The maximum absolute atomic E-state index is 11.9. The maximum Gasteiger partial charge on any atom is 0.335 e. The van der Waals surface area contributed by atoms with Crippen molar-refractivity contribution < 1.29 is 18.3 Å². The van der Waals surface area contributed by atoms with Crippen molar-refractivity contribution in [2.75, 3.05) is 4.72 Å². The van der Waals surface area contributed by atoms with Gasteiger partial charge in [0.15, 0.2) is 0 Å². The predicted molar refractivity (Wildman–Crippen MR) is 68.5 cm³/mol. The summed E-state index contributed by atoms with van der Waals surface area (Å²) in [6.45, 7) is 0. The van der Waals surface area contributed by atoms with E-state index in [4.69, 9.17) is 5.11 Å². The molecule has 0 saturated carbocycles. The van der Waals surface area contributed by atoms with E-state index in [-0.39, 0.29) is 16.1 Å². The summed E-state index contributed by atoms with van der Waals surface area (Å²) >= 11 is 1.27. The minimum Gasteiger partial charge on any atom is -0.478 e. The summed E-state index contributed by atoms with van der Waals surface area (Å²) in [5.74, 6) is -1.11. The van der Waals surface area contributed by atoms with Gasteiger partial charge >= 0.3 is 5.97 Å². The molecule has 1 aromatic carbocycles. The Kier molecular flexibility index (Phi) is 3.35. The zero-order valence-electron chi connectivity index (χ0n) is 9.03. The second-order valence-corrected chi connectivity index (χ2v) is 5.91. The third kappa shape index (κ3) is 2.69. The van der Waals surface area contributed by atoms with Gasteiger partial charge in [-0.05, 0) is 29.6 Å². The number of rotatable bonds is 4. The number of carboxylic acid groups (broad SMARTS) is 1. The fourth-order valence-corrected chi connectivity index (χ4v) is 3.41. The molecule has 2 rings (SSSR count). The Balaban J connectivity index is 2.30. The van der Waals surface area contributed by atoms with E-state index in [1.165, 1.54) is 47.0 Å². The molecule has 0 amide bonds. The van der Waals surface area contributed by atoms with Gasteiger partial charge in [-0.25, -0.2) is 13.2 Å². The minimum atomic E-state index is -3.64. The lowest BCUT2D eigenvalue weighted by molar-refractivity contribution is 0.0697. The van der Waals surface area contributed by atoms with Crippen LogP contribution in [0.2, 0.25) is 0 Å². The van der Waals surface area contributed by atoms with Gasteiger partial charge in [-0.1, -0.05) is 6.07 Å². The molecule has 18 heavy (non-hydrogen) atoms. The van der Waals surface area contributed by atoms with Crippen molar-refractivity contribution >= 4 is 33.0 Å². The smallest absolute Gasteiger partial charge is 0.335 e. The number of thiophene rings is 1. The highest BCUT2D eigenvalue weighted by molar-refractivity contribution is 7.92. The van der Waals surface area contributed by atoms with Crippen molar-refractivity contribution in [1.29, 1.82) is 0 Å². The van der Waals surface area contributed by atoms with E-state index in [9.17, 15) is 13.2 Å². The Morgan fingerprint density at radius 2 is 2.06 bits per heavy atom. The molecule has 0 unspecified atom stereocenters. The summed E-state index contributed by atoms with van der Waals surface area (Å²) in [5.41, 5.74) is 0.251. The lowest BCUT2D eigenvalue weighted by atomic mass is 10.2. The molecule has 1 heterocycles. The lowest BCUT2D eigenvalue weighted by Crippen LogP contribution is -2.12. The van der Waals surface area contributed by atoms with Crippen LogP contribution >= 0.6 is 11.3 Å². The molecule has 0 radical (unpaired) electrons. The van der Waals surface area contributed by atoms with Crippen LogP contribution in [0.25, 0.3) is 0 Å². The van der Waals surface area contributed by atoms with Crippen molar-refractivity contribution in [2.24, 2.45) is 0 Å². The van der Waals surface area contributed by atoms with Crippen molar-refractivity contribution in [3.63, 3.8) is 0 Å². The van der Waals surface area contributed by atoms with Gasteiger partial charge in [-0.2, -0.15) is 11.3 Å². The largest absolute Gasteiger partial charge is 0.478 e. The molecule has 1 aromatic heterocycles. The average molecular weight is 283 g/mol. The Morgan fingerprint density at radius 3 is 2.67 bits per heavy atom. The van der Waals surface area contributed by atoms with Gasteiger partial charge in [0.05, 0.1) is 10.5 Å². The summed E-state index contributed by atoms with van der Waals surface area (Å²) in [7, 11) is -3.64. The van der Waals surface area contributed by atoms with E-state index in [2.05, 4.69) is 4.72 Å². The lowest BCUT2D eigenvalue weighted by Gasteiger charge is -2.06. The van der Waals surface area contributed by atoms with Crippen molar-refractivity contribution in [2.45, 2.75) is 4.90 Å². The number of hydrogen-bond acceptors (Lipinski definition) is 4. The zero-order valence-corrected chi connectivity index (χ0v) is 10.7. The summed E-state index contributed by atoms with van der Waals surface area (Å²) in [6, 6.07) is 7.12. The molecular formula is C11H9NO4S2. The number of sulfonamides is 1. The molecule has 0 atom stereocenters. The van der Waals surface area contributed by atoms with Crippen LogP contribution in [-0.2, 0) is 10.0 Å². The van der Waals surface area contributed by atoms with Gasteiger partial charge in [0, 0.05) is 11.1 Å². The van der Waals surface area contributed by atoms with E-state index in [1.807, 2.05) is 0 Å². The van der Waals surface area contributed by atoms with Gasteiger partial charge in [0.25, 0.3) is 10.0 Å². The van der Waals surface area contributed by atoms with Crippen LogP contribution in [-0.4, -0.2) is 19.5 Å². The second-order valence-electron chi connectivity index (χ2n) is 3.45. The molecule has 0 aliphatic heterocycles. The number of carboxylic acids is 1. The van der Waals surface area contributed by atoms with Gasteiger partial charge in [0.1, 0.15) is 0 Å². The monoisotopic (exact) mass is 283 g/mol. The van der Waals surface area contributed by atoms with Crippen LogP contribution in [0, 0.1) is 0 Å². The van der Waals surface area contributed by atoms with E-state index in [1.54, 1.807) is 5.38 Å². The van der Waals surface area contributed by atoms with Crippen molar-refractivity contribution in [3.8, 4) is 0 Å². The number of carbonyl (C=O) groups is 1. The molecule has 5 nitrogen and oxygen atoms in total. The fraction of sp³-hybridized carbons (Fsp3) is 0. The van der Waals surface area contributed by atoms with Gasteiger partial charge in [0.2, 0.25) is 0 Å². The standard InChI is InChI=1S/C11H9NO4S2/c13-11(14)8-2-1-3-9(6-8)12-18(15,16)10-4-5-17-7-10/h1-7,12H,(H,13,14). The van der Waals surface area contributed by atoms with Crippen molar-refractivity contribution in [3.05, 3.63) is 46.7 Å². The number of nitrogens with one attached hydrogen (secondary N) is 1. The highest BCUT2D eigenvalue weighted by Gasteiger charge is 2.15. The maximum atomic E-state index is 11.9. The van der Waals surface area contributed by atoms with Crippen molar-refractivity contribution in [1.82, 2.24) is 0 Å². The van der Waals surface area contributed by atoms with Gasteiger partial charge < -0.3 is 5.11 Å². The number of benzene rings is 1. The first kappa shape index (κ1) is 12.6. The SMILES string of the molecule is O=C(O)c1cccc(NS(=O)(=O)c2ccsc2)c1. The van der Waals surface area contributed by atoms with Gasteiger partial charge in [-0.3, -0.25) is 4.72 Å². The summed E-state index contributed by atoms with van der Waals surface area (Å²) < 4.78 is 26.1. The predicted octanol–water partition coefficient (Wildman–Crippen LogP) is 2.25. The third-order valence-electron chi connectivity index (χ3n) is 2.17. The molecule has 0 aliphatic rings. The Morgan fingerprint density at radius 1 is 1.28 bits per heavy atom. The average Bonchev–Trinajstić information content (AvgIpc) is 2.82. The van der Waals surface area contributed by atoms with E-state index >= 15 is 0 Å². The number of aromatic carboxylic acids is 1. The second kappa shape index (κ2) is 4.79. The van der Waals surface area contributed by atoms with Crippen LogP contribution in [0.1, 0.15) is 10.4 Å². The molecule has 7 heteroatoms. The number of anilines is 1. The summed E-state index contributed by atoms with van der Waals surface area (Å²) in [6.07, 6.45) is 0. The normalized spacial score (nSPS) is 11.1. The molecule has 0 spiro atoms. The van der Waals surface area contributed by atoms with Crippen LogP contribution < -0.4 is 4.72 Å². The first-order valence-electron chi connectivity index (χ1n) is 4.87. The molecule has 0 saturated heterocycles. The minimum absolute atomic E-state index is 0.0283. The molecule has 0 fully saturated rings. The van der Waals surface area contributed by atoms with Crippen LogP contribution in [0.15, 0.2) is 46.0 Å². The Labute approximate surface area is 108 Å². The summed E-state index contributed by atoms with van der Waals surface area (Å²) in [4.78, 5) is 10.9.